The van der Waals surface area contributed by atoms with Gasteiger partial charge in [0, 0.05) is 5.69 Å². The average molecular weight is 555 g/mol. The normalized spacial score (nSPS) is 10.8. The van der Waals surface area contributed by atoms with Gasteiger partial charge in [-0.1, -0.05) is 17.7 Å². The summed E-state index contributed by atoms with van der Waals surface area (Å²) in [6, 6.07) is 12.7. The van der Waals surface area contributed by atoms with Crippen molar-refractivity contribution < 1.29 is 19.1 Å². The Morgan fingerprint density at radius 3 is 2.54 bits per heavy atom. The summed E-state index contributed by atoms with van der Waals surface area (Å²) in [7, 11) is 1.28. The van der Waals surface area contributed by atoms with Gasteiger partial charge in [-0.3, -0.25) is 4.79 Å². The molecule has 0 unspecified atom stereocenters. The van der Waals surface area contributed by atoms with Gasteiger partial charge in [0.05, 0.1) is 15.2 Å². The lowest BCUT2D eigenvalue weighted by molar-refractivity contribution is -0.142. The average Bonchev–Trinajstić information content (AvgIpc) is 2.66. The predicted octanol–water partition coefficient (Wildman–Crippen LogP) is 4.46. The molecule has 0 fully saturated rings. The first-order valence-corrected chi connectivity index (χ1v) is 9.89. The Bertz CT molecular complexity index is 942. The second-order valence-corrected chi connectivity index (χ2v) is 7.68. The summed E-state index contributed by atoms with van der Waals surface area (Å²) in [5.41, 5.74) is 2.28. The lowest BCUT2D eigenvalue weighted by atomic mass is 10.1. The number of ether oxygens (including phenoxy) is 2. The van der Waals surface area contributed by atoms with E-state index in [2.05, 4.69) is 26.0 Å². The molecule has 2 rings (SSSR count). The number of amides is 1. The molecule has 144 valence electrons. The molecule has 28 heavy (non-hydrogen) atoms. The maximum absolute atomic E-state index is 12.4. The van der Waals surface area contributed by atoms with E-state index in [0.29, 0.717) is 25.0 Å². The Hall–Kier alpha value is -2.38. The lowest BCUT2D eigenvalue weighted by Crippen LogP contribution is -2.14. The Labute approximate surface area is 184 Å². The minimum atomic E-state index is -0.497. The molecule has 0 bridgehead atoms. The molecule has 6 nitrogen and oxygen atoms in total. The summed E-state index contributed by atoms with van der Waals surface area (Å²) in [5.74, 6) is -0.513. The number of esters is 1. The monoisotopic (exact) mass is 554 g/mol. The van der Waals surface area contributed by atoms with Crippen LogP contribution in [0.2, 0.25) is 0 Å². The predicted molar refractivity (Wildman–Crippen MR) is 118 cm³/mol. The largest absolute Gasteiger partial charge is 0.480 e. The molecule has 0 saturated heterocycles. The van der Waals surface area contributed by atoms with Gasteiger partial charge < -0.3 is 14.8 Å². The second kappa shape index (κ2) is 10.2. The second-order valence-electron chi connectivity index (χ2n) is 5.67. The zero-order valence-corrected chi connectivity index (χ0v) is 18.8. The SMILES string of the molecule is COC(=O)COc1c(Br)cc(/C=C(\C#N)C(=O)Nc2ccc(C)cc2)cc1I. The highest BCUT2D eigenvalue weighted by molar-refractivity contribution is 14.1. The van der Waals surface area contributed by atoms with E-state index in [1.165, 1.54) is 13.2 Å². The van der Waals surface area contributed by atoms with Crippen LogP contribution in [-0.2, 0) is 14.3 Å². The van der Waals surface area contributed by atoms with Gasteiger partial charge >= 0.3 is 5.97 Å². The van der Waals surface area contributed by atoms with Crippen LogP contribution in [0.1, 0.15) is 11.1 Å². The molecular formula is C20H16BrIN2O4. The number of anilines is 1. The molecule has 2 aromatic carbocycles. The van der Waals surface area contributed by atoms with Crippen molar-refractivity contribution in [1.29, 1.82) is 5.26 Å². The first-order chi connectivity index (χ1) is 13.3. The number of benzene rings is 2. The van der Waals surface area contributed by atoms with E-state index in [4.69, 9.17) is 4.74 Å². The maximum Gasteiger partial charge on any atom is 0.343 e. The van der Waals surface area contributed by atoms with Crippen LogP contribution in [0.15, 0.2) is 46.4 Å². The van der Waals surface area contributed by atoms with Crippen molar-refractivity contribution in [2.45, 2.75) is 6.92 Å². The molecule has 0 atom stereocenters. The number of rotatable bonds is 6. The fourth-order valence-corrected chi connectivity index (χ4v) is 3.91. The van der Waals surface area contributed by atoms with E-state index in [1.807, 2.05) is 47.7 Å². The fraction of sp³-hybridized carbons (Fsp3) is 0.150. The summed E-state index contributed by atoms with van der Waals surface area (Å²) < 4.78 is 11.3. The van der Waals surface area contributed by atoms with E-state index in [1.54, 1.807) is 24.3 Å². The van der Waals surface area contributed by atoms with E-state index < -0.39 is 11.9 Å². The number of nitrogens with one attached hydrogen (secondary N) is 1. The number of halogens is 2. The molecule has 0 aliphatic heterocycles. The van der Waals surface area contributed by atoms with Gasteiger partial charge in [-0.2, -0.15) is 5.26 Å². The molecule has 0 radical (unpaired) electrons. The van der Waals surface area contributed by atoms with Crippen LogP contribution < -0.4 is 10.1 Å². The minimum absolute atomic E-state index is 0.0356. The van der Waals surface area contributed by atoms with Crippen molar-refractivity contribution in [3.05, 3.63) is 61.1 Å². The molecule has 0 aromatic heterocycles. The quantitative estimate of drug-likeness (QED) is 0.246. The van der Waals surface area contributed by atoms with Crippen LogP contribution in [0.25, 0.3) is 6.08 Å². The van der Waals surface area contributed by atoms with Gasteiger partial charge in [0.25, 0.3) is 5.91 Å². The van der Waals surface area contributed by atoms with Crippen LogP contribution in [0.5, 0.6) is 5.75 Å². The topological polar surface area (TPSA) is 88.4 Å². The molecule has 0 spiro atoms. The van der Waals surface area contributed by atoms with Gasteiger partial charge in [0.1, 0.15) is 17.4 Å². The van der Waals surface area contributed by atoms with Crippen LogP contribution >= 0.6 is 38.5 Å². The van der Waals surface area contributed by atoms with Crippen LogP contribution in [0.3, 0.4) is 0 Å². The van der Waals surface area contributed by atoms with Gasteiger partial charge in [0.15, 0.2) is 6.61 Å². The molecule has 0 heterocycles. The number of carbonyl (C=O) groups excluding carboxylic acids is 2. The van der Waals surface area contributed by atoms with E-state index in [0.717, 1.165) is 5.56 Å². The molecule has 2 aromatic rings. The van der Waals surface area contributed by atoms with E-state index in [9.17, 15) is 14.9 Å². The van der Waals surface area contributed by atoms with E-state index in [-0.39, 0.29) is 12.2 Å². The number of aryl methyl sites for hydroxylation is 1. The number of nitriles is 1. The first kappa shape index (κ1) is 21.9. The Morgan fingerprint density at radius 1 is 1.29 bits per heavy atom. The molecule has 0 aliphatic rings. The van der Waals surface area contributed by atoms with Crippen LogP contribution in [0, 0.1) is 21.8 Å². The molecule has 0 saturated carbocycles. The van der Waals surface area contributed by atoms with Crippen molar-refractivity contribution in [2.24, 2.45) is 0 Å². The fourth-order valence-electron chi connectivity index (χ4n) is 2.14. The summed E-state index contributed by atoms with van der Waals surface area (Å²) in [6.07, 6.45) is 1.49. The third-order valence-corrected chi connectivity index (χ3v) is 4.96. The molecule has 8 heteroatoms. The smallest absolute Gasteiger partial charge is 0.343 e. The van der Waals surface area contributed by atoms with Crippen molar-refractivity contribution in [3.8, 4) is 11.8 Å². The van der Waals surface area contributed by atoms with Gasteiger partial charge in [-0.15, -0.1) is 0 Å². The standard InChI is InChI=1S/C20H16BrIN2O4/c1-12-3-5-15(6-4-12)24-20(26)14(10-23)7-13-8-16(21)19(17(22)9-13)28-11-18(25)27-2/h3-9H,11H2,1-2H3,(H,24,26)/b14-7+. The maximum atomic E-state index is 12.4. The Morgan fingerprint density at radius 2 is 1.96 bits per heavy atom. The summed E-state index contributed by atoms with van der Waals surface area (Å²) in [6.45, 7) is 1.73. The van der Waals surface area contributed by atoms with Crippen molar-refractivity contribution in [1.82, 2.24) is 0 Å². The van der Waals surface area contributed by atoms with Crippen molar-refractivity contribution in [3.63, 3.8) is 0 Å². The number of carbonyl (C=O) groups is 2. The minimum Gasteiger partial charge on any atom is -0.480 e. The number of nitrogens with zero attached hydrogens (tertiary/aromatic N) is 1. The number of hydrogen-bond acceptors (Lipinski definition) is 5. The highest BCUT2D eigenvalue weighted by atomic mass is 127. The third kappa shape index (κ3) is 6.07. The third-order valence-electron chi connectivity index (χ3n) is 3.57. The zero-order chi connectivity index (χ0) is 20.7. The van der Waals surface area contributed by atoms with Crippen molar-refractivity contribution >= 4 is 62.2 Å². The number of methoxy groups -OCH3 is 1. The van der Waals surface area contributed by atoms with Gasteiger partial charge in [0.2, 0.25) is 0 Å². The summed E-state index contributed by atoms with van der Waals surface area (Å²) in [5, 5.41) is 12.1. The van der Waals surface area contributed by atoms with E-state index >= 15 is 0 Å². The lowest BCUT2D eigenvalue weighted by Gasteiger charge is -2.10. The van der Waals surface area contributed by atoms with Crippen LogP contribution in [-0.4, -0.2) is 25.6 Å². The highest BCUT2D eigenvalue weighted by Gasteiger charge is 2.13. The highest BCUT2D eigenvalue weighted by Crippen LogP contribution is 2.32. The molecule has 1 N–H and O–H groups in total. The zero-order valence-electron chi connectivity index (χ0n) is 15.1. The Kier molecular flexibility index (Phi) is 8.02. The summed E-state index contributed by atoms with van der Waals surface area (Å²) in [4.78, 5) is 23.6. The Balaban J connectivity index is 2.21. The molecular weight excluding hydrogens is 539 g/mol. The van der Waals surface area contributed by atoms with Gasteiger partial charge in [-0.05, 0) is 81.3 Å². The first-order valence-electron chi connectivity index (χ1n) is 8.02. The van der Waals surface area contributed by atoms with Crippen molar-refractivity contribution in [2.75, 3.05) is 19.0 Å². The number of hydrogen-bond donors (Lipinski definition) is 1. The molecule has 1 amide bonds. The van der Waals surface area contributed by atoms with Crippen LogP contribution in [0.4, 0.5) is 5.69 Å². The summed E-state index contributed by atoms with van der Waals surface area (Å²) >= 11 is 5.43. The van der Waals surface area contributed by atoms with Gasteiger partial charge in [-0.25, -0.2) is 4.79 Å². The molecule has 0 aliphatic carbocycles.